The number of rotatable bonds is 5. The third-order valence-electron chi connectivity index (χ3n) is 4.00. The van der Waals surface area contributed by atoms with Gasteiger partial charge in [-0.2, -0.15) is 0 Å². The fraction of sp³-hybridized carbons (Fsp3) is 0.211. The lowest BCUT2D eigenvalue weighted by Crippen LogP contribution is -2.12. The Bertz CT molecular complexity index is 879. The summed E-state index contributed by atoms with van der Waals surface area (Å²) in [5.41, 5.74) is 1.93. The minimum Gasteiger partial charge on any atom is -0.296 e. The second-order valence-electron chi connectivity index (χ2n) is 5.74. The number of nitrogens with zero attached hydrogens (tertiary/aromatic N) is 2. The predicted octanol–water partition coefficient (Wildman–Crippen LogP) is 4.78. The van der Waals surface area contributed by atoms with Gasteiger partial charge in [0.1, 0.15) is 10.8 Å². The van der Waals surface area contributed by atoms with Gasteiger partial charge in [0.15, 0.2) is 0 Å². The number of amides is 1. The van der Waals surface area contributed by atoms with Crippen molar-refractivity contribution in [3.63, 3.8) is 0 Å². The molecule has 0 aliphatic carbocycles. The maximum absolute atomic E-state index is 13.6. The van der Waals surface area contributed by atoms with E-state index in [4.69, 9.17) is 0 Å². The fourth-order valence-corrected chi connectivity index (χ4v) is 3.52. The van der Waals surface area contributed by atoms with Crippen molar-refractivity contribution in [2.45, 2.75) is 26.2 Å². The van der Waals surface area contributed by atoms with E-state index in [0.717, 1.165) is 11.4 Å². The smallest absolute Gasteiger partial charge is 0.257 e. The van der Waals surface area contributed by atoms with Crippen molar-refractivity contribution in [2.75, 3.05) is 5.32 Å². The van der Waals surface area contributed by atoms with Crippen LogP contribution in [0.25, 0.3) is 0 Å². The zero-order valence-corrected chi connectivity index (χ0v) is 14.8. The number of aryl methyl sites for hydroxylation is 1. The van der Waals surface area contributed by atoms with Crippen molar-refractivity contribution >= 4 is 22.4 Å². The number of anilines is 1. The number of hydrogen-bond acceptors (Lipinski definition) is 4. The van der Waals surface area contributed by atoms with Crippen LogP contribution in [0.5, 0.6) is 0 Å². The second kappa shape index (κ2) is 7.53. The first-order valence-corrected chi connectivity index (χ1v) is 8.86. The van der Waals surface area contributed by atoms with Crippen LogP contribution in [0.2, 0.25) is 0 Å². The minimum atomic E-state index is -0.402. The maximum atomic E-state index is 13.6. The van der Waals surface area contributed by atoms with Gasteiger partial charge in [0.2, 0.25) is 5.13 Å². The Hall–Kier alpha value is -2.60. The van der Waals surface area contributed by atoms with Crippen molar-refractivity contribution in [2.24, 2.45) is 0 Å². The molecule has 3 aromatic rings. The minimum absolute atomic E-state index is 0.140. The monoisotopic (exact) mass is 355 g/mol. The normalized spacial score (nSPS) is 12.0. The topological polar surface area (TPSA) is 54.9 Å². The van der Waals surface area contributed by atoms with Crippen LogP contribution in [-0.2, 0) is 0 Å². The third kappa shape index (κ3) is 3.91. The highest BCUT2D eigenvalue weighted by Crippen LogP contribution is 2.31. The summed E-state index contributed by atoms with van der Waals surface area (Å²) < 4.78 is 13.6. The maximum Gasteiger partial charge on any atom is 0.257 e. The van der Waals surface area contributed by atoms with Crippen LogP contribution in [0.15, 0.2) is 48.5 Å². The van der Waals surface area contributed by atoms with Gasteiger partial charge in [0, 0.05) is 11.5 Å². The standard InChI is InChI=1S/C19H18FN3OS/c1-3-15(13-7-5-4-6-8-13)18-22-23-19(25-18)21-17(24)14-10-9-12(2)16(20)11-14/h4-11,15H,3H2,1-2H3,(H,21,23,24). The van der Waals surface area contributed by atoms with Gasteiger partial charge in [0.25, 0.3) is 5.91 Å². The highest BCUT2D eigenvalue weighted by atomic mass is 32.1. The number of hydrogen-bond donors (Lipinski definition) is 1. The molecule has 1 unspecified atom stereocenters. The van der Waals surface area contributed by atoms with Crippen LogP contribution in [0, 0.1) is 12.7 Å². The fourth-order valence-electron chi connectivity index (χ4n) is 2.57. The number of aromatic nitrogens is 2. The van der Waals surface area contributed by atoms with Gasteiger partial charge >= 0.3 is 0 Å². The van der Waals surface area contributed by atoms with E-state index in [0.29, 0.717) is 10.7 Å². The summed E-state index contributed by atoms with van der Waals surface area (Å²) in [6.45, 7) is 3.74. The molecule has 2 aromatic carbocycles. The Balaban J connectivity index is 1.77. The first kappa shape index (κ1) is 17.2. The molecular formula is C19H18FN3OS. The zero-order valence-electron chi connectivity index (χ0n) is 14.0. The summed E-state index contributed by atoms with van der Waals surface area (Å²) in [5.74, 6) is -0.656. The summed E-state index contributed by atoms with van der Waals surface area (Å²) >= 11 is 1.34. The van der Waals surface area contributed by atoms with E-state index in [1.165, 1.54) is 23.0 Å². The van der Waals surface area contributed by atoms with Crippen LogP contribution in [0.1, 0.15) is 45.8 Å². The number of nitrogens with one attached hydrogen (secondary N) is 1. The first-order chi connectivity index (χ1) is 12.1. The number of carbonyl (C=O) groups is 1. The molecule has 0 spiro atoms. The van der Waals surface area contributed by atoms with Crippen molar-refractivity contribution < 1.29 is 9.18 Å². The summed E-state index contributed by atoms with van der Waals surface area (Å²) in [7, 11) is 0. The van der Waals surface area contributed by atoms with E-state index in [2.05, 4.69) is 34.6 Å². The molecule has 128 valence electrons. The molecular weight excluding hydrogens is 337 g/mol. The van der Waals surface area contributed by atoms with Crippen LogP contribution in [0.4, 0.5) is 9.52 Å². The molecule has 0 saturated heterocycles. The summed E-state index contributed by atoms with van der Waals surface area (Å²) in [6, 6.07) is 14.5. The molecule has 4 nitrogen and oxygen atoms in total. The first-order valence-electron chi connectivity index (χ1n) is 8.04. The van der Waals surface area contributed by atoms with Crippen LogP contribution < -0.4 is 5.32 Å². The van der Waals surface area contributed by atoms with Gasteiger partial charge in [-0.3, -0.25) is 10.1 Å². The second-order valence-corrected chi connectivity index (χ2v) is 6.74. The highest BCUT2D eigenvalue weighted by Gasteiger charge is 2.18. The van der Waals surface area contributed by atoms with Gasteiger partial charge < -0.3 is 0 Å². The van der Waals surface area contributed by atoms with Crippen molar-refractivity contribution in [1.29, 1.82) is 0 Å². The van der Waals surface area contributed by atoms with E-state index in [9.17, 15) is 9.18 Å². The summed E-state index contributed by atoms with van der Waals surface area (Å²) in [5, 5.41) is 12.2. The molecule has 1 heterocycles. The van der Waals surface area contributed by atoms with Gasteiger partial charge in [-0.05, 0) is 36.6 Å². The lowest BCUT2D eigenvalue weighted by molar-refractivity contribution is 0.102. The quantitative estimate of drug-likeness (QED) is 0.716. The van der Waals surface area contributed by atoms with E-state index >= 15 is 0 Å². The zero-order chi connectivity index (χ0) is 17.8. The molecule has 1 amide bonds. The summed E-state index contributed by atoms with van der Waals surface area (Å²) in [4.78, 5) is 12.3. The molecule has 1 aromatic heterocycles. The average Bonchev–Trinajstić information content (AvgIpc) is 3.07. The SMILES string of the molecule is CCC(c1ccccc1)c1nnc(NC(=O)c2ccc(C)c(F)c2)s1. The molecule has 0 radical (unpaired) electrons. The number of carbonyl (C=O) groups excluding carboxylic acids is 1. The molecule has 1 N–H and O–H groups in total. The molecule has 25 heavy (non-hydrogen) atoms. The van der Waals surface area contributed by atoms with Crippen LogP contribution >= 0.6 is 11.3 Å². The Morgan fingerprint density at radius 1 is 1.20 bits per heavy atom. The number of benzene rings is 2. The lowest BCUT2D eigenvalue weighted by atomic mass is 9.97. The molecule has 0 fully saturated rings. The molecule has 1 atom stereocenters. The Kier molecular flexibility index (Phi) is 5.19. The van der Waals surface area contributed by atoms with Gasteiger partial charge in [-0.1, -0.05) is 54.7 Å². The van der Waals surface area contributed by atoms with Gasteiger partial charge in [-0.15, -0.1) is 10.2 Å². The molecule has 0 aliphatic rings. The van der Waals surface area contributed by atoms with Crippen LogP contribution in [-0.4, -0.2) is 16.1 Å². The molecule has 3 rings (SSSR count). The Morgan fingerprint density at radius 3 is 2.64 bits per heavy atom. The number of halogens is 1. The van der Waals surface area contributed by atoms with Crippen molar-refractivity contribution in [3.05, 3.63) is 76.0 Å². The van der Waals surface area contributed by atoms with Crippen LogP contribution in [0.3, 0.4) is 0 Å². The largest absolute Gasteiger partial charge is 0.296 e. The van der Waals surface area contributed by atoms with E-state index in [1.54, 1.807) is 19.1 Å². The Labute approximate surface area is 149 Å². The highest BCUT2D eigenvalue weighted by molar-refractivity contribution is 7.15. The lowest BCUT2D eigenvalue weighted by Gasteiger charge is -2.11. The average molecular weight is 355 g/mol. The molecule has 6 heteroatoms. The van der Waals surface area contributed by atoms with E-state index in [1.807, 2.05) is 18.2 Å². The predicted molar refractivity (Wildman–Crippen MR) is 97.6 cm³/mol. The van der Waals surface area contributed by atoms with Crippen molar-refractivity contribution in [1.82, 2.24) is 10.2 Å². The van der Waals surface area contributed by atoms with Gasteiger partial charge in [-0.25, -0.2) is 4.39 Å². The third-order valence-corrected chi connectivity index (χ3v) is 4.96. The Morgan fingerprint density at radius 2 is 1.96 bits per heavy atom. The molecule has 0 aliphatic heterocycles. The van der Waals surface area contributed by atoms with E-state index in [-0.39, 0.29) is 11.5 Å². The summed E-state index contributed by atoms with van der Waals surface area (Å²) in [6.07, 6.45) is 0.885. The van der Waals surface area contributed by atoms with E-state index < -0.39 is 11.7 Å². The van der Waals surface area contributed by atoms with Gasteiger partial charge in [0.05, 0.1) is 0 Å². The molecule has 0 bridgehead atoms. The van der Waals surface area contributed by atoms with Crippen molar-refractivity contribution in [3.8, 4) is 0 Å². The molecule has 0 saturated carbocycles.